The number of likely N-dealkylation sites (tertiary alicyclic amines) is 1. The fraction of sp³-hybridized carbons (Fsp3) is 0.360. The first-order chi connectivity index (χ1) is 15.4. The molecule has 1 aliphatic heterocycles. The summed E-state index contributed by atoms with van der Waals surface area (Å²) in [7, 11) is 5.14. The summed E-state index contributed by atoms with van der Waals surface area (Å²) in [6.45, 7) is 1.52. The van der Waals surface area contributed by atoms with E-state index >= 15 is 0 Å². The van der Waals surface area contributed by atoms with E-state index in [1.807, 2.05) is 39.8 Å². The van der Waals surface area contributed by atoms with Gasteiger partial charge in [0.2, 0.25) is 5.91 Å². The van der Waals surface area contributed by atoms with Crippen molar-refractivity contribution in [2.75, 3.05) is 34.3 Å². The molecule has 1 fully saturated rings. The third kappa shape index (κ3) is 4.32. The number of likely N-dealkylation sites (N-methyl/N-ethyl adjacent to an activating group) is 1. The topological polar surface area (TPSA) is 54.8 Å². The number of hydrogen-bond donors (Lipinski definition) is 0. The smallest absolute Gasteiger partial charge is 0.256 e. The molecule has 0 radical (unpaired) electrons. The molecule has 7 heteroatoms. The van der Waals surface area contributed by atoms with Crippen molar-refractivity contribution in [2.45, 2.75) is 25.3 Å². The van der Waals surface area contributed by atoms with Crippen LogP contribution in [-0.4, -0.2) is 60.5 Å². The molecule has 3 aromatic rings. The molecule has 1 aliphatic rings. The number of fused-ring (bicyclic) bond motifs is 1. The quantitative estimate of drug-likeness (QED) is 0.575. The molecule has 1 saturated heterocycles. The summed E-state index contributed by atoms with van der Waals surface area (Å²) in [5.74, 6) is 1.22. The summed E-state index contributed by atoms with van der Waals surface area (Å²) >= 11 is 6.21. The van der Waals surface area contributed by atoms with Gasteiger partial charge < -0.3 is 19.1 Å². The van der Waals surface area contributed by atoms with Crippen LogP contribution in [0.4, 0.5) is 0 Å². The number of para-hydroxylation sites is 1. The molecule has 0 spiro atoms. The summed E-state index contributed by atoms with van der Waals surface area (Å²) < 4.78 is 7.34. The van der Waals surface area contributed by atoms with E-state index in [1.54, 1.807) is 38.4 Å². The average Bonchev–Trinajstić information content (AvgIpc) is 3.15. The number of piperidine rings is 1. The second-order valence-electron chi connectivity index (χ2n) is 8.43. The highest BCUT2D eigenvalue weighted by Crippen LogP contribution is 2.35. The van der Waals surface area contributed by atoms with E-state index in [0.717, 1.165) is 29.5 Å². The normalized spacial score (nSPS) is 14.6. The van der Waals surface area contributed by atoms with Gasteiger partial charge in [-0.25, -0.2) is 0 Å². The summed E-state index contributed by atoms with van der Waals surface area (Å²) in [6, 6.07) is 13.6. The Morgan fingerprint density at radius 1 is 1.12 bits per heavy atom. The molecule has 32 heavy (non-hydrogen) atoms. The number of carbonyl (C=O) groups is 2. The summed E-state index contributed by atoms with van der Waals surface area (Å²) in [5.41, 5.74) is 2.61. The standard InChI is InChI=1S/C25H28ClN3O3/c1-27(2)24(30)16-29-15-21(20-9-8-18(26)14-22(20)29)25(31)28-12-10-17(11-13-28)19-6-4-5-7-23(19)32-3/h4-9,14-15,17H,10-13,16H2,1-3H3. The second kappa shape index (κ2) is 9.25. The molecule has 0 unspecified atom stereocenters. The van der Waals surface area contributed by atoms with Crippen LogP contribution in [0.1, 0.15) is 34.7 Å². The number of halogens is 1. The molecule has 6 nitrogen and oxygen atoms in total. The zero-order valence-electron chi connectivity index (χ0n) is 18.7. The van der Waals surface area contributed by atoms with Gasteiger partial charge >= 0.3 is 0 Å². The Morgan fingerprint density at radius 3 is 2.53 bits per heavy atom. The van der Waals surface area contributed by atoms with Gasteiger partial charge in [-0.2, -0.15) is 0 Å². The monoisotopic (exact) mass is 453 g/mol. The molecular formula is C25H28ClN3O3. The van der Waals surface area contributed by atoms with Crippen LogP contribution in [0.25, 0.3) is 10.9 Å². The number of methoxy groups -OCH3 is 1. The number of ether oxygens (including phenoxy) is 1. The maximum Gasteiger partial charge on any atom is 0.256 e. The molecule has 0 aliphatic carbocycles. The molecule has 0 saturated carbocycles. The summed E-state index contributed by atoms with van der Waals surface area (Å²) in [6.07, 6.45) is 3.56. The summed E-state index contributed by atoms with van der Waals surface area (Å²) in [4.78, 5) is 29.2. The summed E-state index contributed by atoms with van der Waals surface area (Å²) in [5, 5.41) is 1.39. The lowest BCUT2D eigenvalue weighted by atomic mass is 9.88. The van der Waals surface area contributed by atoms with Crippen molar-refractivity contribution in [3.05, 3.63) is 64.8 Å². The lowest BCUT2D eigenvalue weighted by Gasteiger charge is -2.32. The number of carbonyl (C=O) groups excluding carboxylic acids is 2. The largest absolute Gasteiger partial charge is 0.496 e. The highest BCUT2D eigenvalue weighted by atomic mass is 35.5. The number of amides is 2. The Morgan fingerprint density at radius 2 is 1.84 bits per heavy atom. The van der Waals surface area contributed by atoms with E-state index in [9.17, 15) is 9.59 Å². The van der Waals surface area contributed by atoms with Crippen molar-refractivity contribution in [3.63, 3.8) is 0 Å². The van der Waals surface area contributed by atoms with Crippen molar-refractivity contribution in [3.8, 4) is 5.75 Å². The first-order valence-electron chi connectivity index (χ1n) is 10.8. The second-order valence-corrected chi connectivity index (χ2v) is 8.87. The number of aromatic nitrogens is 1. The third-order valence-corrected chi connectivity index (χ3v) is 6.48. The van der Waals surface area contributed by atoms with Crippen LogP contribution in [0.15, 0.2) is 48.7 Å². The van der Waals surface area contributed by atoms with Crippen molar-refractivity contribution in [1.29, 1.82) is 0 Å². The van der Waals surface area contributed by atoms with Crippen LogP contribution >= 0.6 is 11.6 Å². The van der Waals surface area contributed by atoms with Crippen LogP contribution in [-0.2, 0) is 11.3 Å². The molecule has 4 rings (SSSR count). The minimum absolute atomic E-state index is 0.00755. The number of hydrogen-bond acceptors (Lipinski definition) is 3. The molecule has 0 N–H and O–H groups in total. The predicted molar refractivity (Wildman–Crippen MR) is 127 cm³/mol. The van der Waals surface area contributed by atoms with E-state index in [-0.39, 0.29) is 18.4 Å². The zero-order valence-corrected chi connectivity index (χ0v) is 19.4. The Kier molecular flexibility index (Phi) is 6.42. The Bertz CT molecular complexity index is 1150. The lowest BCUT2D eigenvalue weighted by Crippen LogP contribution is -2.38. The SMILES string of the molecule is COc1ccccc1C1CCN(C(=O)c2cn(CC(=O)N(C)C)c3cc(Cl)ccc23)CC1. The maximum absolute atomic E-state index is 13.5. The van der Waals surface area contributed by atoms with Crippen LogP contribution in [0.2, 0.25) is 5.02 Å². The van der Waals surface area contributed by atoms with Gasteiger partial charge in [-0.15, -0.1) is 0 Å². The molecule has 2 amide bonds. The number of rotatable bonds is 5. The Hall–Kier alpha value is -2.99. The first kappa shape index (κ1) is 22.2. The van der Waals surface area contributed by atoms with Gasteiger partial charge in [-0.05, 0) is 42.5 Å². The van der Waals surface area contributed by atoms with Gasteiger partial charge in [-0.3, -0.25) is 9.59 Å². The van der Waals surface area contributed by atoms with E-state index < -0.39 is 0 Å². The highest BCUT2D eigenvalue weighted by molar-refractivity contribution is 6.31. The minimum atomic E-state index is -0.0431. The molecule has 2 heterocycles. The number of benzene rings is 2. The minimum Gasteiger partial charge on any atom is -0.496 e. The fourth-order valence-electron chi connectivity index (χ4n) is 4.42. The van der Waals surface area contributed by atoms with E-state index in [1.165, 1.54) is 5.56 Å². The van der Waals surface area contributed by atoms with Crippen molar-refractivity contribution >= 4 is 34.3 Å². The third-order valence-electron chi connectivity index (χ3n) is 6.24. The molecular weight excluding hydrogens is 426 g/mol. The van der Waals surface area contributed by atoms with Crippen molar-refractivity contribution < 1.29 is 14.3 Å². The van der Waals surface area contributed by atoms with Crippen LogP contribution < -0.4 is 4.74 Å². The lowest BCUT2D eigenvalue weighted by molar-refractivity contribution is -0.129. The van der Waals surface area contributed by atoms with Crippen LogP contribution in [0.3, 0.4) is 0 Å². The van der Waals surface area contributed by atoms with Gasteiger partial charge in [0.25, 0.3) is 5.91 Å². The first-order valence-corrected chi connectivity index (χ1v) is 11.2. The Labute approximate surface area is 193 Å². The molecule has 168 valence electrons. The average molecular weight is 454 g/mol. The maximum atomic E-state index is 13.5. The van der Waals surface area contributed by atoms with Gasteiger partial charge in [-0.1, -0.05) is 35.9 Å². The van der Waals surface area contributed by atoms with Crippen LogP contribution in [0, 0.1) is 0 Å². The Balaban J connectivity index is 1.56. The predicted octanol–water partition coefficient (Wildman–Crippen LogP) is 4.41. The van der Waals surface area contributed by atoms with Crippen LogP contribution in [0.5, 0.6) is 5.75 Å². The molecule has 0 atom stereocenters. The van der Waals surface area contributed by atoms with E-state index in [4.69, 9.17) is 16.3 Å². The van der Waals surface area contributed by atoms with Gasteiger partial charge in [0, 0.05) is 43.8 Å². The van der Waals surface area contributed by atoms with Crippen molar-refractivity contribution in [1.82, 2.24) is 14.4 Å². The van der Waals surface area contributed by atoms with Gasteiger partial charge in [0.05, 0.1) is 18.2 Å². The fourth-order valence-corrected chi connectivity index (χ4v) is 4.59. The number of nitrogens with zero attached hydrogens (tertiary/aromatic N) is 3. The van der Waals surface area contributed by atoms with E-state index in [0.29, 0.717) is 29.6 Å². The van der Waals surface area contributed by atoms with E-state index in [2.05, 4.69) is 6.07 Å². The highest BCUT2D eigenvalue weighted by Gasteiger charge is 2.28. The zero-order chi connectivity index (χ0) is 22.8. The molecule has 2 aromatic carbocycles. The van der Waals surface area contributed by atoms with Gasteiger partial charge in [0.15, 0.2) is 0 Å². The van der Waals surface area contributed by atoms with Gasteiger partial charge in [0.1, 0.15) is 12.3 Å². The molecule has 1 aromatic heterocycles. The molecule has 0 bridgehead atoms. The van der Waals surface area contributed by atoms with Crippen molar-refractivity contribution in [2.24, 2.45) is 0 Å².